The summed E-state index contributed by atoms with van der Waals surface area (Å²) in [6.45, 7) is 28.7. The van der Waals surface area contributed by atoms with Crippen LogP contribution in [0.3, 0.4) is 0 Å². The monoisotopic (exact) mass is 1390 g/mol. The Balaban J connectivity index is 0.000000201. The number of fused-ring (bicyclic) bond motifs is 1. The van der Waals surface area contributed by atoms with Gasteiger partial charge >= 0.3 is 6.09 Å². The molecule has 97 heavy (non-hydrogen) atoms. The van der Waals surface area contributed by atoms with Crippen molar-refractivity contribution in [3.8, 4) is 11.5 Å². The van der Waals surface area contributed by atoms with E-state index in [0.717, 1.165) is 51.0 Å². The number of thioether (sulfide) groups is 1. The number of amides is 3. The van der Waals surface area contributed by atoms with E-state index < -0.39 is 73.9 Å². The lowest BCUT2D eigenvalue weighted by atomic mass is 9.57. The quantitative estimate of drug-likeness (QED) is 0.0484. The number of likely N-dealkylation sites (tertiary alicyclic amines) is 1. The van der Waals surface area contributed by atoms with Crippen molar-refractivity contribution >= 4 is 85.5 Å². The third-order valence-electron chi connectivity index (χ3n) is 21.0. The van der Waals surface area contributed by atoms with Gasteiger partial charge in [0.15, 0.2) is 5.78 Å². The van der Waals surface area contributed by atoms with Gasteiger partial charge in [-0.15, -0.1) is 24.4 Å². The summed E-state index contributed by atoms with van der Waals surface area (Å²) in [5.41, 5.74) is 0.819. The first kappa shape index (κ1) is 74.7. The average molecular weight is 1390 g/mol. The second kappa shape index (κ2) is 29.4. The average Bonchev–Trinajstić information content (AvgIpc) is 1.33. The van der Waals surface area contributed by atoms with Crippen LogP contribution in [-0.2, 0) is 28.0 Å². The highest BCUT2D eigenvalue weighted by Crippen LogP contribution is 2.58. The van der Waals surface area contributed by atoms with Gasteiger partial charge in [0.2, 0.25) is 11.8 Å². The van der Waals surface area contributed by atoms with E-state index in [1.807, 2.05) is 92.7 Å². The van der Waals surface area contributed by atoms with Crippen LogP contribution in [0.4, 0.5) is 4.79 Å². The lowest BCUT2D eigenvalue weighted by Crippen LogP contribution is -2.77. The molecule has 3 saturated heterocycles. The molecule has 8 atom stereocenters. The van der Waals surface area contributed by atoms with Crippen LogP contribution in [-0.4, -0.2) is 118 Å². The zero-order valence-electron chi connectivity index (χ0n) is 59.6. The molecule has 1 spiro atoms. The van der Waals surface area contributed by atoms with Gasteiger partial charge in [0.25, 0.3) is 16.6 Å². The summed E-state index contributed by atoms with van der Waals surface area (Å²) >= 11 is 5.84. The van der Waals surface area contributed by atoms with Crippen LogP contribution in [0.15, 0.2) is 192 Å². The standard InChI is InChI=1S/C37H48N2O4SSi.C35H48N2O5Si.C7H8OS/c1-34(2,3)45(28-14-9-7-10-15-28,29-16-11-8-12-17-29)43-32-30(44-27-20-18-26(42-6)19-21-27)24-37(41)31(35(32,4)5)25-36(33(40)39-37)22-13-23-38-36;1-32(2,3)41-31(40)37-23-15-22-35(37,30(36)39)24-27-28(38)20-21-29(34(27,7)8)42-43(33(4,5)6,25-16-11-9-12-17-25)26-18-13-10-14-19-26;1-8-6-2-4-7(9)5-3-6/h7-12,14-21,30-32,38,41H,13,22-25H2,1-6H3,(H,39,40);9-14,16-21,27,29H,15,22-24H2,1-8H3,(H2,36,39);2-5,9H,1H3/t30-,31+,32+,36+,37-;27-,29+,35+;/m00./s1. The number of nitrogens with zero attached hydrogens (tertiary/aromatic N) is 1. The molecule has 1 saturated carbocycles. The molecule has 4 fully saturated rings. The number of nitrogens with two attached hydrogens (primary N) is 1. The summed E-state index contributed by atoms with van der Waals surface area (Å²) < 4.78 is 31.5. The van der Waals surface area contributed by atoms with Gasteiger partial charge in [0, 0.05) is 45.3 Å². The number of allylic oxidation sites excluding steroid dienone is 1. The molecule has 5 aliphatic rings. The van der Waals surface area contributed by atoms with Crippen molar-refractivity contribution in [3.05, 3.63) is 182 Å². The molecule has 3 amide bonds. The van der Waals surface area contributed by atoms with Crippen LogP contribution in [0, 0.1) is 22.7 Å². The van der Waals surface area contributed by atoms with Crippen LogP contribution in [0.2, 0.25) is 10.1 Å². The van der Waals surface area contributed by atoms with Gasteiger partial charge in [0.1, 0.15) is 28.4 Å². The lowest BCUT2D eigenvalue weighted by Gasteiger charge is -2.62. The second-order valence-corrected chi connectivity index (χ2v) is 41.5. The van der Waals surface area contributed by atoms with E-state index in [1.165, 1.54) is 15.3 Å². The Morgan fingerprint density at radius 3 is 1.56 bits per heavy atom. The maximum absolute atomic E-state index is 13.7. The molecule has 5 N–H and O–H groups in total. The van der Waals surface area contributed by atoms with E-state index in [2.05, 4.69) is 176 Å². The molecular formula is C79H104N4O10S2Si2. The van der Waals surface area contributed by atoms with Crippen molar-refractivity contribution < 1.29 is 47.3 Å². The number of thiol groups is 1. The number of nitrogens with one attached hydrogen (secondary N) is 2. The lowest BCUT2D eigenvalue weighted by molar-refractivity contribution is -0.193. The maximum Gasteiger partial charge on any atom is 0.411 e. The number of methoxy groups -OCH3 is 2. The Morgan fingerprint density at radius 1 is 0.649 bits per heavy atom. The van der Waals surface area contributed by atoms with Gasteiger partial charge < -0.3 is 44.5 Å². The first-order valence-corrected chi connectivity index (χ1v) is 39.3. The number of carbonyl (C=O) groups excluding carboxylic acids is 4. The summed E-state index contributed by atoms with van der Waals surface area (Å²) in [5, 5.41) is 23.3. The summed E-state index contributed by atoms with van der Waals surface area (Å²) in [6.07, 6.45) is 6.03. The van der Waals surface area contributed by atoms with Crippen LogP contribution in [0.25, 0.3) is 0 Å². The molecule has 0 aromatic heterocycles. The topological polar surface area (TPSA) is 188 Å². The van der Waals surface area contributed by atoms with Gasteiger partial charge in [-0.3, -0.25) is 19.3 Å². The molecule has 3 aliphatic heterocycles. The number of primary amides is 1. The molecular weight excluding hydrogens is 1290 g/mol. The summed E-state index contributed by atoms with van der Waals surface area (Å²) in [7, 11) is -2.59. The second-order valence-electron chi connectivity index (χ2n) is 31.2. The smallest absolute Gasteiger partial charge is 0.411 e. The molecule has 2 aliphatic carbocycles. The molecule has 14 nitrogen and oxygen atoms in total. The molecule has 18 heteroatoms. The van der Waals surface area contributed by atoms with Gasteiger partial charge in [0.05, 0.1) is 32.0 Å². The van der Waals surface area contributed by atoms with Crippen molar-refractivity contribution in [1.82, 2.24) is 15.5 Å². The fourth-order valence-electron chi connectivity index (χ4n) is 15.9. The van der Waals surface area contributed by atoms with E-state index in [9.17, 15) is 24.3 Å². The van der Waals surface area contributed by atoms with Crippen LogP contribution >= 0.6 is 24.4 Å². The molecule has 0 unspecified atom stereocenters. The number of ether oxygens (including phenoxy) is 3. The third kappa shape index (κ3) is 15.3. The van der Waals surface area contributed by atoms with Crippen molar-refractivity contribution in [2.45, 2.75) is 195 Å². The molecule has 3 heterocycles. The van der Waals surface area contributed by atoms with E-state index in [4.69, 9.17) is 28.8 Å². The minimum Gasteiger partial charge on any atom is -0.497 e. The highest BCUT2D eigenvalue weighted by atomic mass is 32.2. The molecule has 11 rings (SSSR count). The maximum atomic E-state index is 13.7. The number of hydrogen-bond donors (Lipinski definition) is 5. The summed E-state index contributed by atoms with van der Waals surface area (Å²) in [4.78, 5) is 57.4. The zero-order chi connectivity index (χ0) is 70.6. The summed E-state index contributed by atoms with van der Waals surface area (Å²) in [5.74, 6) is 0.0702. The van der Waals surface area contributed by atoms with Gasteiger partial charge in [-0.05, 0) is 157 Å². The Kier molecular flexibility index (Phi) is 22.6. The van der Waals surface area contributed by atoms with Crippen LogP contribution in [0.1, 0.15) is 135 Å². The predicted octanol–water partition coefficient (Wildman–Crippen LogP) is 12.8. The molecule has 6 aromatic carbocycles. The Bertz CT molecular complexity index is 3610. The van der Waals surface area contributed by atoms with E-state index >= 15 is 0 Å². The number of hydrogen-bond acceptors (Lipinski definition) is 13. The number of piperidine rings is 1. The number of carbonyl (C=O) groups is 4. The molecule has 520 valence electrons. The van der Waals surface area contributed by atoms with Crippen LogP contribution < -0.4 is 46.6 Å². The highest BCUT2D eigenvalue weighted by molar-refractivity contribution is 8.00. The van der Waals surface area contributed by atoms with Gasteiger partial charge in [-0.25, -0.2) is 4.79 Å². The number of ketones is 1. The van der Waals surface area contributed by atoms with E-state index in [-0.39, 0.29) is 45.5 Å². The first-order valence-electron chi connectivity index (χ1n) is 34.2. The minimum absolute atomic E-state index is 0.0749. The Morgan fingerprint density at radius 2 is 1.12 bits per heavy atom. The van der Waals surface area contributed by atoms with Gasteiger partial charge in [-0.1, -0.05) is 197 Å². The Hall–Kier alpha value is -6.49. The van der Waals surface area contributed by atoms with E-state index in [0.29, 0.717) is 32.2 Å². The third-order valence-corrected chi connectivity index (χ3v) is 32.6. The van der Waals surface area contributed by atoms with Crippen LogP contribution in [0.5, 0.6) is 11.5 Å². The largest absolute Gasteiger partial charge is 0.497 e. The molecule has 0 bridgehead atoms. The number of rotatable bonds is 15. The molecule has 6 aromatic rings. The minimum atomic E-state index is -2.96. The summed E-state index contributed by atoms with van der Waals surface area (Å²) in [6, 6.07) is 58.0. The zero-order valence-corrected chi connectivity index (χ0v) is 63.3. The SMILES string of the molecule is CC(C)(C)OC(=O)N1CCC[C@@]1(C[C@H]1C(=O)C=C[C@@H](O[Si](c2ccccc2)(c2ccccc2)C(C)(C)C)C1(C)C)C(N)=O.COc1ccc(S)cc1.COc1ccc(S[C@H]2C[C@@]3(O)NC(=O)[C@@]4(CCCN4)C[C@@H]3C(C)(C)[C@@H]2O[Si](c2ccccc2)(c2ccccc2)C(C)(C)C)cc1. The fraction of sp³-hybridized carbons (Fsp3) is 0.468. The number of aliphatic hydroxyl groups is 1. The fourth-order valence-corrected chi connectivity index (χ4v) is 27.3. The first-order chi connectivity index (χ1) is 45.6. The van der Waals surface area contributed by atoms with Gasteiger partial charge in [-0.2, -0.15) is 0 Å². The van der Waals surface area contributed by atoms with Crippen molar-refractivity contribution in [2.24, 2.45) is 28.4 Å². The van der Waals surface area contributed by atoms with Crippen molar-refractivity contribution in [3.63, 3.8) is 0 Å². The Labute approximate surface area is 588 Å². The molecule has 0 radical (unpaired) electrons. The number of benzene rings is 6. The normalized spacial score (nSPS) is 25.3. The van der Waals surface area contributed by atoms with Crippen molar-refractivity contribution in [2.75, 3.05) is 27.3 Å². The highest BCUT2D eigenvalue weighted by Gasteiger charge is 2.67. The van der Waals surface area contributed by atoms with Crippen molar-refractivity contribution in [1.29, 1.82) is 0 Å². The van der Waals surface area contributed by atoms with E-state index in [1.54, 1.807) is 52.8 Å². The predicted molar refractivity (Wildman–Crippen MR) is 398 cm³/mol.